The number of non-ortho nitro benzene ring substituents is 1. The number of nitro groups is 1. The monoisotopic (exact) mass is 399 g/mol. The summed E-state index contributed by atoms with van der Waals surface area (Å²) >= 11 is 1.31. The van der Waals surface area contributed by atoms with E-state index < -0.39 is 4.92 Å². The molecule has 1 aromatic heterocycles. The third-order valence-electron chi connectivity index (χ3n) is 4.49. The van der Waals surface area contributed by atoms with Gasteiger partial charge in [-0.2, -0.15) is 0 Å². The predicted octanol–water partition coefficient (Wildman–Crippen LogP) is 4.42. The van der Waals surface area contributed by atoms with Crippen molar-refractivity contribution in [1.29, 1.82) is 0 Å². The molecule has 2 aromatic carbocycles. The Bertz CT molecular complexity index is 1050. The molecule has 144 valence electrons. The normalized spacial score (nSPS) is 13.1. The van der Waals surface area contributed by atoms with E-state index in [1.54, 1.807) is 0 Å². The van der Waals surface area contributed by atoms with Crippen molar-refractivity contribution in [3.63, 3.8) is 0 Å². The van der Waals surface area contributed by atoms with Crippen LogP contribution in [0.5, 0.6) is 5.75 Å². The first kappa shape index (κ1) is 18.5. The van der Waals surface area contributed by atoms with Gasteiger partial charge in [-0.05, 0) is 37.1 Å². The quantitative estimate of drug-likeness (QED) is 0.353. The fourth-order valence-electron chi connectivity index (χ4n) is 2.89. The third-order valence-corrected chi connectivity index (χ3v) is 5.36. The number of nitro benzene ring substituents is 1. The second-order valence-corrected chi connectivity index (χ2v) is 7.35. The van der Waals surface area contributed by atoms with Gasteiger partial charge in [-0.1, -0.05) is 17.8 Å². The second kappa shape index (κ2) is 7.61. The molecule has 0 fully saturated rings. The zero-order chi connectivity index (χ0) is 19.7. The maximum Gasteiger partial charge on any atom is 0.277 e. The highest BCUT2D eigenvalue weighted by Crippen LogP contribution is 2.36. The van der Waals surface area contributed by atoms with E-state index in [1.165, 1.54) is 29.5 Å². The van der Waals surface area contributed by atoms with Gasteiger partial charge in [0.2, 0.25) is 5.89 Å². The van der Waals surface area contributed by atoms with Gasteiger partial charge in [-0.15, -0.1) is 10.2 Å². The number of aromatic nitrogens is 2. The molecule has 0 amide bonds. The van der Waals surface area contributed by atoms with Crippen molar-refractivity contribution in [2.75, 3.05) is 6.79 Å². The first-order chi connectivity index (χ1) is 13.5. The van der Waals surface area contributed by atoms with Gasteiger partial charge in [0.1, 0.15) is 5.75 Å². The van der Waals surface area contributed by atoms with Crippen molar-refractivity contribution in [3.8, 4) is 17.2 Å². The largest absolute Gasteiger partial charge is 0.467 e. The van der Waals surface area contributed by atoms with Crippen LogP contribution >= 0.6 is 11.8 Å². The van der Waals surface area contributed by atoms with Gasteiger partial charge in [0, 0.05) is 34.6 Å². The molecule has 0 bridgehead atoms. The van der Waals surface area contributed by atoms with Gasteiger partial charge < -0.3 is 13.9 Å². The number of fused-ring (bicyclic) bond motifs is 1. The standard InChI is InChI=1S/C19H17N3O5S/c1-11-3-4-13(5-12(11)2)18-20-21-19(27-18)28-9-15-7-16(22(23)24)6-14-8-25-10-26-17(14)15/h3-7H,8-10H2,1-2H3. The van der Waals surface area contributed by atoms with E-state index in [4.69, 9.17) is 13.9 Å². The van der Waals surface area contributed by atoms with Gasteiger partial charge in [0.25, 0.3) is 10.9 Å². The van der Waals surface area contributed by atoms with Crippen LogP contribution in [0, 0.1) is 24.0 Å². The van der Waals surface area contributed by atoms with Crippen LogP contribution in [0.1, 0.15) is 22.3 Å². The molecule has 0 spiro atoms. The maximum atomic E-state index is 11.2. The Balaban J connectivity index is 1.55. The van der Waals surface area contributed by atoms with E-state index in [0.29, 0.717) is 33.7 Å². The average molecular weight is 399 g/mol. The summed E-state index contributed by atoms with van der Waals surface area (Å²) in [5, 5.41) is 19.8. The number of rotatable bonds is 5. The lowest BCUT2D eigenvalue weighted by molar-refractivity contribution is -0.385. The molecule has 3 aromatic rings. The molecule has 9 heteroatoms. The van der Waals surface area contributed by atoms with E-state index >= 15 is 0 Å². The average Bonchev–Trinajstić information content (AvgIpc) is 3.17. The van der Waals surface area contributed by atoms with Gasteiger partial charge >= 0.3 is 0 Å². The third kappa shape index (κ3) is 3.71. The summed E-state index contributed by atoms with van der Waals surface area (Å²) in [5.74, 6) is 1.47. The number of aryl methyl sites for hydroxylation is 2. The van der Waals surface area contributed by atoms with Crippen molar-refractivity contribution in [1.82, 2.24) is 10.2 Å². The van der Waals surface area contributed by atoms with Crippen molar-refractivity contribution in [3.05, 3.63) is 62.7 Å². The van der Waals surface area contributed by atoms with Crippen LogP contribution in [-0.4, -0.2) is 21.9 Å². The smallest absolute Gasteiger partial charge is 0.277 e. The van der Waals surface area contributed by atoms with Gasteiger partial charge in [0.15, 0.2) is 6.79 Å². The van der Waals surface area contributed by atoms with E-state index in [-0.39, 0.29) is 19.1 Å². The predicted molar refractivity (Wildman–Crippen MR) is 102 cm³/mol. The Morgan fingerprint density at radius 1 is 1.18 bits per heavy atom. The Hall–Kier alpha value is -2.91. The summed E-state index contributed by atoms with van der Waals surface area (Å²) in [6.07, 6.45) is 0. The minimum atomic E-state index is -0.423. The fraction of sp³-hybridized carbons (Fsp3) is 0.263. The van der Waals surface area contributed by atoms with Gasteiger partial charge in [-0.25, -0.2) is 0 Å². The topological polar surface area (TPSA) is 101 Å². The van der Waals surface area contributed by atoms with Crippen LogP contribution in [0.3, 0.4) is 0 Å². The van der Waals surface area contributed by atoms with E-state index in [9.17, 15) is 10.1 Å². The van der Waals surface area contributed by atoms with Crippen LogP contribution in [0.15, 0.2) is 40.0 Å². The van der Waals surface area contributed by atoms with Crippen LogP contribution in [-0.2, 0) is 17.1 Å². The van der Waals surface area contributed by atoms with Gasteiger partial charge in [-0.3, -0.25) is 10.1 Å². The molecule has 2 heterocycles. The second-order valence-electron chi connectivity index (χ2n) is 6.42. The Kier molecular flexibility index (Phi) is 5.01. The molecule has 8 nitrogen and oxygen atoms in total. The molecule has 0 aliphatic carbocycles. The molecule has 28 heavy (non-hydrogen) atoms. The lowest BCUT2D eigenvalue weighted by Gasteiger charge is -2.20. The molecule has 1 aliphatic rings. The molecule has 0 N–H and O–H groups in total. The van der Waals surface area contributed by atoms with Crippen molar-refractivity contribution in [2.24, 2.45) is 0 Å². The molecule has 4 rings (SSSR count). The molecular formula is C19H17N3O5S. The van der Waals surface area contributed by atoms with Crippen LogP contribution < -0.4 is 4.74 Å². The minimum absolute atomic E-state index is 0.00444. The SMILES string of the molecule is Cc1ccc(-c2nnc(SCc3cc([N+](=O)[O-])cc4c3OCOC4)o2)cc1C. The zero-order valence-electron chi connectivity index (χ0n) is 15.3. The Morgan fingerprint density at radius 3 is 2.82 bits per heavy atom. The Morgan fingerprint density at radius 2 is 2.04 bits per heavy atom. The molecule has 0 radical (unpaired) electrons. The molecule has 0 saturated heterocycles. The molecule has 0 atom stereocenters. The summed E-state index contributed by atoms with van der Waals surface area (Å²) in [6.45, 7) is 4.48. The highest BCUT2D eigenvalue weighted by Gasteiger charge is 2.21. The van der Waals surface area contributed by atoms with Crippen LogP contribution in [0.2, 0.25) is 0 Å². The molecule has 0 saturated carbocycles. The van der Waals surface area contributed by atoms with E-state index in [1.807, 2.05) is 32.0 Å². The lowest BCUT2D eigenvalue weighted by atomic mass is 10.1. The highest BCUT2D eigenvalue weighted by atomic mass is 32.2. The molecular weight excluding hydrogens is 382 g/mol. The van der Waals surface area contributed by atoms with E-state index in [2.05, 4.69) is 10.2 Å². The number of nitrogens with zero attached hydrogens (tertiary/aromatic N) is 3. The number of ether oxygens (including phenoxy) is 2. The summed E-state index contributed by atoms with van der Waals surface area (Å²) in [5.41, 5.74) is 4.56. The number of hydrogen-bond donors (Lipinski definition) is 0. The Labute approximate surface area is 165 Å². The molecule has 1 aliphatic heterocycles. The van der Waals surface area contributed by atoms with Gasteiger partial charge in [0.05, 0.1) is 11.5 Å². The summed E-state index contributed by atoms with van der Waals surface area (Å²) in [7, 11) is 0. The van der Waals surface area contributed by atoms with Crippen LogP contribution in [0.4, 0.5) is 5.69 Å². The zero-order valence-corrected chi connectivity index (χ0v) is 16.1. The molecule has 0 unspecified atom stereocenters. The number of benzene rings is 2. The summed E-state index contributed by atoms with van der Waals surface area (Å²) in [6, 6.07) is 8.94. The lowest BCUT2D eigenvalue weighted by Crippen LogP contribution is -2.13. The first-order valence-electron chi connectivity index (χ1n) is 8.56. The van der Waals surface area contributed by atoms with E-state index in [0.717, 1.165) is 11.1 Å². The summed E-state index contributed by atoms with van der Waals surface area (Å²) < 4.78 is 16.5. The minimum Gasteiger partial charge on any atom is -0.467 e. The van der Waals surface area contributed by atoms with Crippen molar-refractivity contribution >= 4 is 17.4 Å². The van der Waals surface area contributed by atoms with Crippen molar-refractivity contribution < 1.29 is 18.8 Å². The van der Waals surface area contributed by atoms with Crippen molar-refractivity contribution in [2.45, 2.75) is 31.4 Å². The van der Waals surface area contributed by atoms with Crippen LogP contribution in [0.25, 0.3) is 11.5 Å². The number of thioether (sulfide) groups is 1. The first-order valence-corrected chi connectivity index (χ1v) is 9.54. The highest BCUT2D eigenvalue weighted by molar-refractivity contribution is 7.98. The fourth-order valence-corrected chi connectivity index (χ4v) is 3.62. The maximum absolute atomic E-state index is 11.2. The summed E-state index contributed by atoms with van der Waals surface area (Å²) in [4.78, 5) is 10.8. The number of hydrogen-bond acceptors (Lipinski definition) is 8.